The van der Waals surface area contributed by atoms with E-state index in [-0.39, 0.29) is 5.91 Å². The fourth-order valence-electron chi connectivity index (χ4n) is 5.16. The van der Waals surface area contributed by atoms with E-state index in [2.05, 4.69) is 27.1 Å². The molecule has 2 aliphatic heterocycles. The second-order valence-electron chi connectivity index (χ2n) is 10.2. The van der Waals surface area contributed by atoms with Crippen LogP contribution in [0.2, 0.25) is 0 Å². The van der Waals surface area contributed by atoms with E-state index in [1.807, 2.05) is 49.5 Å². The zero-order chi connectivity index (χ0) is 25.7. The summed E-state index contributed by atoms with van der Waals surface area (Å²) >= 11 is 1.59. The van der Waals surface area contributed by atoms with Crippen LogP contribution in [0, 0.1) is 6.92 Å². The van der Waals surface area contributed by atoms with Gasteiger partial charge in [-0.25, -0.2) is 15.0 Å². The van der Waals surface area contributed by atoms with E-state index in [0.717, 1.165) is 56.9 Å². The van der Waals surface area contributed by atoms with Crippen LogP contribution in [0.3, 0.4) is 0 Å². The maximum atomic E-state index is 12.1. The summed E-state index contributed by atoms with van der Waals surface area (Å²) in [6, 6.07) is 13.0. The second-order valence-corrected chi connectivity index (χ2v) is 11.2. The van der Waals surface area contributed by atoms with Crippen LogP contribution in [-0.4, -0.2) is 82.0 Å². The highest BCUT2D eigenvalue weighted by Gasteiger charge is 2.42. The van der Waals surface area contributed by atoms with Crippen molar-refractivity contribution < 1.29 is 4.79 Å². The van der Waals surface area contributed by atoms with E-state index in [0.29, 0.717) is 24.3 Å². The third kappa shape index (κ3) is 4.74. The largest absolute Gasteiger partial charge is 0.349 e. The van der Waals surface area contributed by atoms with Gasteiger partial charge in [-0.15, -0.1) is 11.3 Å². The Morgan fingerprint density at radius 2 is 1.97 bits per heavy atom. The summed E-state index contributed by atoms with van der Waals surface area (Å²) < 4.78 is 1.01. The molecule has 2 saturated heterocycles. The van der Waals surface area contributed by atoms with E-state index < -0.39 is 0 Å². The highest BCUT2D eigenvalue weighted by molar-refractivity contribution is 7.21. The van der Waals surface area contributed by atoms with Gasteiger partial charge in [0.2, 0.25) is 11.9 Å². The lowest BCUT2D eigenvalue weighted by Gasteiger charge is -2.32. The van der Waals surface area contributed by atoms with Crippen molar-refractivity contribution in [1.29, 1.82) is 0 Å². The van der Waals surface area contributed by atoms with Crippen LogP contribution in [-0.2, 0) is 11.2 Å². The molecule has 9 nitrogen and oxygen atoms in total. The van der Waals surface area contributed by atoms with Gasteiger partial charge in [-0.05, 0) is 32.0 Å². The van der Waals surface area contributed by atoms with Crippen molar-refractivity contribution in [3.8, 4) is 10.6 Å². The number of piperazine rings is 1. The van der Waals surface area contributed by atoms with Gasteiger partial charge in [0.25, 0.3) is 0 Å². The molecule has 190 valence electrons. The van der Waals surface area contributed by atoms with Crippen LogP contribution in [0.5, 0.6) is 0 Å². The molecule has 37 heavy (non-hydrogen) atoms. The highest BCUT2D eigenvalue weighted by Crippen LogP contribution is 2.34. The van der Waals surface area contributed by atoms with Crippen molar-refractivity contribution in [3.63, 3.8) is 0 Å². The first kappa shape index (κ1) is 23.7. The number of anilines is 3. The molecule has 2 aliphatic rings. The minimum atomic E-state index is 0.0778. The molecule has 1 N–H and O–H groups in total. The van der Waals surface area contributed by atoms with Crippen molar-refractivity contribution >= 4 is 45.0 Å². The summed E-state index contributed by atoms with van der Waals surface area (Å²) in [4.78, 5) is 37.6. The summed E-state index contributed by atoms with van der Waals surface area (Å²) in [6.45, 7) is 4.03. The molecule has 2 fully saturated rings. The molecule has 0 saturated carbocycles. The third-order valence-electron chi connectivity index (χ3n) is 7.17. The quantitative estimate of drug-likeness (QED) is 0.416. The lowest BCUT2D eigenvalue weighted by molar-refractivity contribution is -0.127. The number of rotatable bonds is 6. The molecule has 0 unspecified atom stereocenters. The molecule has 1 aromatic carbocycles. The molecule has 6 rings (SSSR count). The van der Waals surface area contributed by atoms with Gasteiger partial charge in [0.1, 0.15) is 16.6 Å². The Kier molecular flexibility index (Phi) is 6.00. The molecule has 0 radical (unpaired) electrons. The monoisotopic (exact) mass is 514 g/mol. The van der Waals surface area contributed by atoms with Crippen LogP contribution in [0.1, 0.15) is 17.7 Å². The van der Waals surface area contributed by atoms with E-state index in [4.69, 9.17) is 15.0 Å². The fourth-order valence-corrected chi connectivity index (χ4v) is 6.07. The van der Waals surface area contributed by atoms with Gasteiger partial charge in [0.15, 0.2) is 0 Å². The number of hydrogen-bond acceptors (Lipinski definition) is 9. The number of carbonyl (C=O) groups is 1. The molecule has 4 aromatic rings. The van der Waals surface area contributed by atoms with Gasteiger partial charge in [0.05, 0.1) is 16.6 Å². The van der Waals surface area contributed by atoms with Gasteiger partial charge in [-0.2, -0.15) is 4.98 Å². The number of likely N-dealkylation sites (tertiary alicyclic amines) is 1. The minimum absolute atomic E-state index is 0.0778. The average Bonchev–Trinajstić information content (AvgIpc) is 3.57. The van der Waals surface area contributed by atoms with Crippen molar-refractivity contribution in [2.75, 3.05) is 44.4 Å². The summed E-state index contributed by atoms with van der Waals surface area (Å²) in [5, 5.41) is 4.27. The van der Waals surface area contributed by atoms with E-state index in [9.17, 15) is 4.79 Å². The van der Waals surface area contributed by atoms with Crippen LogP contribution < -0.4 is 10.2 Å². The molecule has 5 heterocycles. The number of benzene rings is 1. The molecule has 0 aliphatic carbocycles. The second kappa shape index (κ2) is 9.35. The first-order valence-electron chi connectivity index (χ1n) is 12.5. The summed E-state index contributed by atoms with van der Waals surface area (Å²) in [5.41, 5.74) is 3.77. The number of nitrogens with zero attached hydrogens (tertiary/aromatic N) is 7. The molecular formula is C27H30N8OS. The lowest BCUT2D eigenvalue weighted by Crippen LogP contribution is -2.45. The smallest absolute Gasteiger partial charge is 0.227 e. The van der Waals surface area contributed by atoms with Gasteiger partial charge < -0.3 is 15.1 Å². The van der Waals surface area contributed by atoms with Gasteiger partial charge in [0, 0.05) is 68.9 Å². The van der Waals surface area contributed by atoms with Gasteiger partial charge in [-0.1, -0.05) is 18.2 Å². The Balaban J connectivity index is 1.22. The third-order valence-corrected chi connectivity index (χ3v) is 8.23. The highest BCUT2D eigenvalue weighted by atomic mass is 32.1. The van der Waals surface area contributed by atoms with Crippen molar-refractivity contribution in [3.05, 3.63) is 53.9 Å². The van der Waals surface area contributed by atoms with Crippen molar-refractivity contribution in [2.24, 2.45) is 0 Å². The van der Waals surface area contributed by atoms with E-state index in [1.165, 1.54) is 6.42 Å². The Morgan fingerprint density at radius 3 is 2.73 bits per heavy atom. The van der Waals surface area contributed by atoms with E-state index in [1.54, 1.807) is 30.3 Å². The number of aromatic nitrogens is 4. The molecule has 10 heteroatoms. The molecule has 2 bridgehead atoms. The number of likely N-dealkylation sites (N-methyl/N-ethyl adjacent to an activating group) is 2. The van der Waals surface area contributed by atoms with Crippen LogP contribution in [0.15, 0.2) is 42.6 Å². The number of nitrogens with one attached hydrogen (secondary N) is 1. The van der Waals surface area contributed by atoms with Gasteiger partial charge >= 0.3 is 0 Å². The zero-order valence-electron chi connectivity index (χ0n) is 21.5. The zero-order valence-corrected chi connectivity index (χ0v) is 22.3. The standard InChI is InChI=1S/C27H30N8OS/c1-16-8-24(32-27(29-16)35-15-19-11-20(35)14-34(19)4)31-23-12-21-22(13-28-23)37-26(30-21)18-7-5-6-17(9-18)10-25(36)33(2)3/h5-9,12-13,19-20H,10-11,14-15H2,1-4H3,(H,28,29,31,32)/t19-,20-/m0/s1. The minimum Gasteiger partial charge on any atom is -0.349 e. The average molecular weight is 515 g/mol. The maximum absolute atomic E-state index is 12.1. The van der Waals surface area contributed by atoms with Crippen LogP contribution >= 0.6 is 11.3 Å². The topological polar surface area (TPSA) is 90.4 Å². The number of aryl methyl sites for hydroxylation is 1. The van der Waals surface area contributed by atoms with Crippen molar-refractivity contribution in [2.45, 2.75) is 31.8 Å². The Labute approximate surface area is 220 Å². The molecule has 3 aromatic heterocycles. The SMILES string of the molecule is Cc1cc(Nc2cc3nc(-c4cccc(CC(=O)N(C)C)c4)sc3cn2)nc(N2C[C@@H]3C[C@H]2CN3C)n1. The Hall–Kier alpha value is -3.63. The van der Waals surface area contributed by atoms with E-state index >= 15 is 0 Å². The molecule has 2 atom stereocenters. The summed E-state index contributed by atoms with van der Waals surface area (Å²) in [6.07, 6.45) is 3.40. The first-order chi connectivity index (χ1) is 17.8. The Bertz CT molecular complexity index is 1480. The fraction of sp³-hybridized carbons (Fsp3) is 0.370. The number of thiazole rings is 1. The summed E-state index contributed by atoms with van der Waals surface area (Å²) in [5.74, 6) is 2.29. The number of pyridine rings is 1. The first-order valence-corrected chi connectivity index (χ1v) is 13.3. The lowest BCUT2D eigenvalue weighted by atomic mass is 10.1. The normalized spacial score (nSPS) is 19.1. The maximum Gasteiger partial charge on any atom is 0.227 e. The number of amides is 1. The van der Waals surface area contributed by atoms with Crippen molar-refractivity contribution in [1.82, 2.24) is 29.7 Å². The van der Waals surface area contributed by atoms with Crippen LogP contribution in [0.4, 0.5) is 17.6 Å². The number of carbonyl (C=O) groups excluding carboxylic acids is 1. The van der Waals surface area contributed by atoms with Gasteiger partial charge in [-0.3, -0.25) is 9.69 Å². The van der Waals surface area contributed by atoms with Crippen LogP contribution in [0.25, 0.3) is 20.8 Å². The molecular weight excluding hydrogens is 484 g/mol. The molecule has 1 amide bonds. The predicted molar refractivity (Wildman–Crippen MR) is 147 cm³/mol. The number of fused-ring (bicyclic) bond motifs is 3. The summed E-state index contributed by atoms with van der Waals surface area (Å²) in [7, 11) is 5.74. The predicted octanol–water partition coefficient (Wildman–Crippen LogP) is 3.72. The Morgan fingerprint density at radius 1 is 1.11 bits per heavy atom. The molecule has 0 spiro atoms. The number of hydrogen-bond donors (Lipinski definition) is 1.